The number of hydrogen-bond donors (Lipinski definition) is 12. The molecule has 14 N–H and O–H groups in total. The van der Waals surface area contributed by atoms with Crippen molar-refractivity contribution in [1.82, 2.24) is 0 Å². The third-order valence-corrected chi connectivity index (χ3v) is 14.3. The number of cyclic esters (lactones) is 1. The van der Waals surface area contributed by atoms with Crippen LogP contribution in [0.5, 0.6) is 0 Å². The number of Topliss-reactive ketones (excluding diaryl/α,β-unsaturated/α-hetero) is 2. The molecule has 3 aliphatic rings. The number of nitrogens with two attached hydrogens (primary N) is 2. The van der Waals surface area contributed by atoms with E-state index in [0.717, 1.165) is 7.11 Å². The highest BCUT2D eigenvalue weighted by molar-refractivity contribution is 5.96. The van der Waals surface area contributed by atoms with Crippen molar-refractivity contribution < 1.29 is 93.9 Å². The van der Waals surface area contributed by atoms with Gasteiger partial charge in [-0.1, -0.05) is 98.9 Å². The number of benzene rings is 1. The quantitative estimate of drug-likeness (QED) is 0.0909. The first-order chi connectivity index (χ1) is 37.9. The monoisotopic (exact) mass is 1130 g/mol. The summed E-state index contributed by atoms with van der Waals surface area (Å²) in [5.41, 5.74) is 12.7. The lowest BCUT2D eigenvalue weighted by Gasteiger charge is -2.45. The number of rotatable bonds is 10. The van der Waals surface area contributed by atoms with Crippen molar-refractivity contribution in [2.75, 3.05) is 12.8 Å². The highest BCUT2D eigenvalue weighted by Gasteiger charge is 2.51. The number of hydrogen-bond acceptors (Lipinski definition) is 21. The summed E-state index contributed by atoms with van der Waals surface area (Å²) in [7, 11) is 1.11. The topological polar surface area (TPSA) is 369 Å². The largest absolute Gasteiger partial charge is 0.469 e. The zero-order valence-corrected chi connectivity index (χ0v) is 46.1. The van der Waals surface area contributed by atoms with Crippen LogP contribution in [0, 0.1) is 17.8 Å². The molecule has 0 radical (unpaired) electrons. The van der Waals surface area contributed by atoms with E-state index in [2.05, 4.69) is 0 Å². The molecular weight excluding hydrogens is 1040 g/mol. The maximum atomic E-state index is 13.3. The van der Waals surface area contributed by atoms with E-state index in [1.807, 2.05) is 19.9 Å². The van der Waals surface area contributed by atoms with Gasteiger partial charge >= 0.3 is 11.9 Å². The molecule has 1 aromatic carbocycles. The normalized spacial score (nSPS) is 38.0. The van der Waals surface area contributed by atoms with Gasteiger partial charge in [-0.05, 0) is 69.2 Å². The molecule has 0 spiro atoms. The van der Waals surface area contributed by atoms with Crippen LogP contribution in [0.15, 0.2) is 109 Å². The van der Waals surface area contributed by atoms with Crippen LogP contribution in [0.4, 0.5) is 5.69 Å². The number of fused-ring (bicyclic) bond motifs is 2. The Bertz CT molecular complexity index is 2300. The van der Waals surface area contributed by atoms with Crippen molar-refractivity contribution in [1.29, 1.82) is 0 Å². The predicted octanol–water partition coefficient (Wildman–Crippen LogP) is 2.37. The van der Waals surface area contributed by atoms with Crippen molar-refractivity contribution in [2.45, 2.75) is 195 Å². The highest BCUT2D eigenvalue weighted by Crippen LogP contribution is 2.39. The Kier molecular flexibility index (Phi) is 28.4. The van der Waals surface area contributed by atoms with Gasteiger partial charge in [0.25, 0.3) is 0 Å². The number of ketones is 2. The number of aliphatic hydroxyl groups excluding tert-OH is 9. The summed E-state index contributed by atoms with van der Waals surface area (Å²) in [6, 6.07) is 5.24. The fourth-order valence-corrected chi connectivity index (χ4v) is 10.0. The van der Waals surface area contributed by atoms with E-state index in [4.69, 9.17) is 35.2 Å². The van der Waals surface area contributed by atoms with E-state index >= 15 is 0 Å². The van der Waals surface area contributed by atoms with Gasteiger partial charge in [0.2, 0.25) is 0 Å². The lowest BCUT2D eigenvalue weighted by molar-refractivity contribution is -0.308. The number of nitrogen functional groups attached to an aromatic ring is 1. The van der Waals surface area contributed by atoms with E-state index in [9.17, 15) is 70.2 Å². The molecule has 21 heteroatoms. The van der Waals surface area contributed by atoms with Crippen molar-refractivity contribution in [3.63, 3.8) is 0 Å². The molecule has 19 atom stereocenters. The Labute approximate surface area is 468 Å². The van der Waals surface area contributed by atoms with Crippen molar-refractivity contribution in [3.05, 3.63) is 115 Å². The minimum Gasteiger partial charge on any atom is -0.469 e. The van der Waals surface area contributed by atoms with Gasteiger partial charge in [-0.15, -0.1) is 0 Å². The van der Waals surface area contributed by atoms with Crippen molar-refractivity contribution in [2.24, 2.45) is 23.5 Å². The first-order valence-electron chi connectivity index (χ1n) is 27.3. The number of aliphatic hydroxyl groups is 10. The number of carbonyl (C=O) groups is 4. The average molecular weight is 1130 g/mol. The summed E-state index contributed by atoms with van der Waals surface area (Å²) in [5, 5.41) is 109. The summed E-state index contributed by atoms with van der Waals surface area (Å²) in [4.78, 5) is 52.2. The molecule has 0 aromatic heterocycles. The van der Waals surface area contributed by atoms with Crippen molar-refractivity contribution >= 4 is 29.2 Å². The summed E-state index contributed by atoms with van der Waals surface area (Å²) in [5.74, 6) is -6.91. The van der Waals surface area contributed by atoms with Crippen LogP contribution in [-0.4, -0.2) is 179 Å². The van der Waals surface area contributed by atoms with Crippen molar-refractivity contribution in [3.8, 4) is 0 Å². The van der Waals surface area contributed by atoms with Crippen LogP contribution in [-0.2, 0) is 38.1 Å². The van der Waals surface area contributed by atoms with Crippen LogP contribution in [0.25, 0.3) is 0 Å². The van der Waals surface area contributed by atoms with Gasteiger partial charge in [0.05, 0.1) is 86.7 Å². The number of esters is 2. The molecule has 0 amide bonds. The molecule has 4 rings (SSSR count). The zero-order chi connectivity index (χ0) is 59.1. The molecule has 21 nitrogen and oxygen atoms in total. The maximum absolute atomic E-state index is 13.3. The molecular formula is C59H86N2O19. The van der Waals surface area contributed by atoms with Gasteiger partial charge in [-0.3, -0.25) is 19.2 Å². The second-order valence-electron chi connectivity index (χ2n) is 21.4. The molecule has 3 aliphatic heterocycles. The molecule has 1 aromatic rings. The minimum atomic E-state index is -2.29. The second-order valence-corrected chi connectivity index (χ2v) is 21.4. The number of ether oxygens (including phenoxy) is 5. The Morgan fingerprint density at radius 2 is 1.26 bits per heavy atom. The van der Waals surface area contributed by atoms with Gasteiger partial charge in [0.1, 0.15) is 23.9 Å². The predicted molar refractivity (Wildman–Crippen MR) is 294 cm³/mol. The van der Waals surface area contributed by atoms with Gasteiger partial charge in [0.15, 0.2) is 17.9 Å². The number of allylic oxidation sites excluding steroid dienone is 12. The van der Waals surface area contributed by atoms with Crippen LogP contribution < -0.4 is 11.5 Å². The Morgan fingerprint density at radius 1 is 0.713 bits per heavy atom. The Hall–Kier alpha value is -5.08. The molecule has 2 fully saturated rings. The van der Waals surface area contributed by atoms with Gasteiger partial charge < -0.3 is 86.2 Å². The molecule has 3 heterocycles. The first-order valence-corrected chi connectivity index (χ1v) is 27.3. The Balaban J connectivity index is 1.55. The van der Waals surface area contributed by atoms with Crippen LogP contribution in [0.1, 0.15) is 108 Å². The summed E-state index contributed by atoms with van der Waals surface area (Å²) < 4.78 is 28.9. The lowest BCUT2D eigenvalue weighted by atomic mass is 9.82. The summed E-state index contributed by atoms with van der Waals surface area (Å²) in [6.07, 6.45) is 2.76. The van der Waals surface area contributed by atoms with E-state index in [1.54, 1.807) is 110 Å². The summed E-state index contributed by atoms with van der Waals surface area (Å²) >= 11 is 0. The van der Waals surface area contributed by atoms with Gasteiger partial charge in [-0.2, -0.15) is 0 Å². The standard InChI is InChI=1S/C59H86N2O19/c1-35-17-15-13-11-9-7-5-6-8-10-12-14-16-18-47(78-58-55(73)53(61)54(72)37(3)77-58)32-50-52(57(74)76-4)49(70)34-59(75,80-50)33-46(68)29-44(66)27-42(64)25-41(63)26-43(65)28-45(67)31-51(71)79-56(35)36(2)19-24-40(62)30-48(69)38-20-22-39(60)23-21-38/h5-18,20-23,35-37,40-42,44-47,49-50,52-56,58,62-64,66-68,70,72-73,75H,19,24-34,60-61H2,1-4H3/b6-5+,9-7+,10-8+,13-11-,14-12+,17-15+,18-16+. The molecule has 80 heavy (non-hydrogen) atoms. The highest BCUT2D eigenvalue weighted by atomic mass is 16.7. The average Bonchev–Trinajstić information content (AvgIpc) is 3.48. The smallest absolute Gasteiger partial charge is 0.313 e. The number of carbonyl (C=O) groups excluding carboxylic acids is 4. The molecule has 0 aliphatic carbocycles. The third-order valence-electron chi connectivity index (χ3n) is 14.3. The van der Waals surface area contributed by atoms with E-state index < -0.39 is 160 Å². The lowest BCUT2D eigenvalue weighted by Crippen LogP contribution is -2.61. The number of anilines is 1. The first kappa shape index (κ1) is 67.4. The molecule has 0 saturated carbocycles. The van der Waals surface area contributed by atoms with Gasteiger partial charge in [0, 0.05) is 55.7 Å². The SMILES string of the molecule is COC(=O)C1C(O)CC2(O)CC(O)CC(O)CC(O)CC(O)CC(=O)CC(O)CC(=O)OC(C(C)CCC(O)CC(=O)c3ccc(N)cc3)C(C)/C=C/C=C\C=C\C=C\C=C\C=C\C=C\C(OC3OC(C)C(O)C(N)C3O)CC1O2. The minimum absolute atomic E-state index is 0.126. The Morgan fingerprint density at radius 3 is 1.86 bits per heavy atom. The fraction of sp³-hybridized carbons (Fsp3) is 0.593. The third kappa shape index (κ3) is 23.0. The van der Waals surface area contributed by atoms with Gasteiger partial charge in [-0.25, -0.2) is 0 Å². The number of methoxy groups -OCH3 is 1. The van der Waals surface area contributed by atoms with E-state index in [0.29, 0.717) is 17.7 Å². The van der Waals surface area contributed by atoms with Crippen LogP contribution >= 0.6 is 0 Å². The molecule has 446 valence electrons. The fourth-order valence-electron chi connectivity index (χ4n) is 10.0. The van der Waals surface area contributed by atoms with E-state index in [1.165, 1.54) is 0 Å². The molecule has 19 unspecified atom stereocenters. The second kappa shape index (κ2) is 33.7. The van der Waals surface area contributed by atoms with Crippen LogP contribution in [0.3, 0.4) is 0 Å². The molecule has 2 bridgehead atoms. The maximum Gasteiger partial charge on any atom is 0.313 e. The zero-order valence-electron chi connectivity index (χ0n) is 46.1. The van der Waals surface area contributed by atoms with E-state index in [-0.39, 0.29) is 49.7 Å². The van der Waals surface area contributed by atoms with Crippen LogP contribution in [0.2, 0.25) is 0 Å². The molecule has 2 saturated heterocycles. The summed E-state index contributed by atoms with van der Waals surface area (Å²) in [6.45, 7) is 5.23.